The van der Waals surface area contributed by atoms with Gasteiger partial charge in [-0.1, -0.05) is 42.6 Å². The van der Waals surface area contributed by atoms with Crippen molar-refractivity contribution in [3.8, 4) is 5.69 Å². The average Bonchev–Trinajstić information content (AvgIpc) is 3.11. The molecule has 0 radical (unpaired) electrons. The second-order valence-corrected chi connectivity index (χ2v) is 7.02. The van der Waals surface area contributed by atoms with Crippen LogP contribution in [0.2, 0.25) is 0 Å². The smallest absolute Gasteiger partial charge is 0.248 e. The van der Waals surface area contributed by atoms with Gasteiger partial charge in [0.1, 0.15) is 0 Å². The van der Waals surface area contributed by atoms with E-state index in [0.29, 0.717) is 6.04 Å². The Bertz CT molecular complexity index is 634. The third-order valence-electron chi connectivity index (χ3n) is 5.35. The van der Waals surface area contributed by atoms with Crippen molar-refractivity contribution in [2.24, 2.45) is 0 Å². The van der Waals surface area contributed by atoms with Gasteiger partial charge in [0.05, 0.1) is 5.69 Å². The molecule has 1 aliphatic heterocycles. The van der Waals surface area contributed by atoms with Crippen LogP contribution in [0.5, 0.6) is 0 Å². The number of hydrogen-bond donors (Lipinski definition) is 1. The van der Waals surface area contributed by atoms with E-state index in [4.69, 9.17) is 0 Å². The Labute approximate surface area is 143 Å². The number of nitrogens with one attached hydrogen (secondary N) is 1. The molecule has 1 unspecified atom stereocenters. The molecule has 2 heterocycles. The molecule has 1 atom stereocenters. The lowest BCUT2D eigenvalue weighted by Crippen LogP contribution is -2.48. The molecule has 1 saturated carbocycles. The van der Waals surface area contributed by atoms with E-state index >= 15 is 0 Å². The van der Waals surface area contributed by atoms with Crippen molar-refractivity contribution in [3.63, 3.8) is 0 Å². The minimum Gasteiger partial charge on any atom is -0.349 e. The van der Waals surface area contributed by atoms with E-state index in [2.05, 4.69) is 25.7 Å². The predicted molar refractivity (Wildman–Crippen MR) is 94.2 cm³/mol. The molecule has 4 rings (SSSR count). The summed E-state index contributed by atoms with van der Waals surface area (Å²) >= 11 is 0. The summed E-state index contributed by atoms with van der Waals surface area (Å²) in [6.45, 7) is 2.35. The van der Waals surface area contributed by atoms with Gasteiger partial charge in [-0.2, -0.15) is 4.68 Å². The highest BCUT2D eigenvalue weighted by Crippen LogP contribution is 2.26. The Kier molecular flexibility index (Phi) is 4.74. The van der Waals surface area contributed by atoms with Gasteiger partial charge in [0.25, 0.3) is 0 Å². The minimum absolute atomic E-state index is 0.425. The second kappa shape index (κ2) is 7.30. The summed E-state index contributed by atoms with van der Waals surface area (Å²) in [5, 5.41) is 15.8. The highest BCUT2D eigenvalue weighted by Gasteiger charge is 2.27. The monoisotopic (exact) mass is 326 g/mol. The molecule has 128 valence electrons. The molecule has 6 heteroatoms. The van der Waals surface area contributed by atoms with E-state index in [0.717, 1.165) is 24.2 Å². The normalized spacial score (nSPS) is 23.2. The molecule has 1 aromatic heterocycles. The van der Waals surface area contributed by atoms with Gasteiger partial charge >= 0.3 is 0 Å². The van der Waals surface area contributed by atoms with Gasteiger partial charge in [-0.3, -0.25) is 4.90 Å². The number of benzene rings is 1. The lowest BCUT2D eigenvalue weighted by molar-refractivity contribution is 0.124. The van der Waals surface area contributed by atoms with Crippen molar-refractivity contribution < 1.29 is 0 Å². The fourth-order valence-electron chi connectivity index (χ4n) is 4.10. The number of likely N-dealkylation sites (tertiary alicyclic amines) is 1. The van der Waals surface area contributed by atoms with Crippen LogP contribution in [0.25, 0.3) is 5.69 Å². The SMILES string of the molecule is c1ccc(-n2nnnc2NC2CCCN(C3CCCCC3)C2)cc1. The Morgan fingerprint density at radius 1 is 0.958 bits per heavy atom. The van der Waals surface area contributed by atoms with Crippen molar-refractivity contribution in [2.75, 3.05) is 18.4 Å². The number of tetrazole rings is 1. The summed E-state index contributed by atoms with van der Waals surface area (Å²) in [7, 11) is 0. The molecule has 2 aliphatic rings. The van der Waals surface area contributed by atoms with E-state index in [1.54, 1.807) is 4.68 Å². The quantitative estimate of drug-likeness (QED) is 0.936. The van der Waals surface area contributed by atoms with Crippen LogP contribution in [0.15, 0.2) is 30.3 Å². The van der Waals surface area contributed by atoms with Crippen LogP contribution in [-0.4, -0.2) is 50.3 Å². The summed E-state index contributed by atoms with van der Waals surface area (Å²) in [6, 6.07) is 11.3. The van der Waals surface area contributed by atoms with Gasteiger partial charge in [-0.05, 0) is 54.8 Å². The highest BCUT2D eigenvalue weighted by molar-refractivity contribution is 5.39. The van der Waals surface area contributed by atoms with E-state index in [1.165, 1.54) is 51.5 Å². The number of para-hydroxylation sites is 1. The van der Waals surface area contributed by atoms with Crippen molar-refractivity contribution in [2.45, 2.75) is 57.0 Å². The molecule has 2 aromatic rings. The average molecular weight is 326 g/mol. The zero-order valence-electron chi connectivity index (χ0n) is 14.1. The first kappa shape index (κ1) is 15.6. The van der Waals surface area contributed by atoms with Crippen LogP contribution in [-0.2, 0) is 0 Å². The van der Waals surface area contributed by atoms with E-state index in [1.807, 2.05) is 30.3 Å². The summed E-state index contributed by atoms with van der Waals surface area (Å²) in [5.74, 6) is 0.747. The first-order valence-corrected chi connectivity index (χ1v) is 9.24. The van der Waals surface area contributed by atoms with Crippen LogP contribution in [0.1, 0.15) is 44.9 Å². The molecular formula is C18H26N6. The molecule has 1 aliphatic carbocycles. The highest BCUT2D eigenvalue weighted by atomic mass is 15.6. The molecular weight excluding hydrogens is 300 g/mol. The van der Waals surface area contributed by atoms with Crippen LogP contribution in [0, 0.1) is 0 Å². The van der Waals surface area contributed by atoms with Gasteiger partial charge in [0, 0.05) is 18.6 Å². The van der Waals surface area contributed by atoms with Gasteiger partial charge in [-0.25, -0.2) is 0 Å². The zero-order chi connectivity index (χ0) is 16.2. The molecule has 1 N–H and O–H groups in total. The maximum Gasteiger partial charge on any atom is 0.248 e. The van der Waals surface area contributed by atoms with Crippen molar-refractivity contribution in [1.82, 2.24) is 25.1 Å². The molecule has 6 nitrogen and oxygen atoms in total. The third kappa shape index (κ3) is 3.43. The zero-order valence-corrected chi connectivity index (χ0v) is 14.1. The van der Waals surface area contributed by atoms with Crippen molar-refractivity contribution in [1.29, 1.82) is 0 Å². The van der Waals surface area contributed by atoms with Crippen LogP contribution in [0.3, 0.4) is 0 Å². The van der Waals surface area contributed by atoms with E-state index in [-0.39, 0.29) is 0 Å². The summed E-state index contributed by atoms with van der Waals surface area (Å²) in [4.78, 5) is 2.69. The van der Waals surface area contributed by atoms with Gasteiger partial charge < -0.3 is 5.32 Å². The summed E-state index contributed by atoms with van der Waals surface area (Å²) in [6.07, 6.45) is 9.38. The number of aromatic nitrogens is 4. The van der Waals surface area contributed by atoms with Crippen LogP contribution in [0.4, 0.5) is 5.95 Å². The molecule has 2 fully saturated rings. The Morgan fingerprint density at radius 2 is 1.79 bits per heavy atom. The van der Waals surface area contributed by atoms with Gasteiger partial charge in [-0.15, -0.1) is 0 Å². The van der Waals surface area contributed by atoms with E-state index in [9.17, 15) is 0 Å². The van der Waals surface area contributed by atoms with E-state index < -0.39 is 0 Å². The number of nitrogens with zero attached hydrogens (tertiary/aromatic N) is 5. The molecule has 0 amide bonds. The van der Waals surface area contributed by atoms with Crippen LogP contribution >= 0.6 is 0 Å². The lowest BCUT2D eigenvalue weighted by Gasteiger charge is -2.40. The fraction of sp³-hybridized carbons (Fsp3) is 0.611. The second-order valence-electron chi connectivity index (χ2n) is 7.02. The molecule has 1 aromatic carbocycles. The standard InChI is InChI=1S/C18H26N6/c1-3-9-16(10-4-1)23-13-7-8-15(14-23)19-18-20-21-22-24(18)17-11-5-2-6-12-17/h2,5-6,11-12,15-16H,1,3-4,7-10,13-14H2,(H,19,20,22). The van der Waals surface area contributed by atoms with Gasteiger partial charge in [0.15, 0.2) is 0 Å². The third-order valence-corrected chi connectivity index (χ3v) is 5.35. The fourth-order valence-corrected chi connectivity index (χ4v) is 4.10. The minimum atomic E-state index is 0.425. The molecule has 1 saturated heterocycles. The predicted octanol–water partition coefficient (Wildman–Crippen LogP) is 2.87. The first-order valence-electron chi connectivity index (χ1n) is 9.24. The Morgan fingerprint density at radius 3 is 2.62 bits per heavy atom. The summed E-state index contributed by atoms with van der Waals surface area (Å²) < 4.78 is 1.79. The first-order chi connectivity index (χ1) is 11.9. The maximum atomic E-state index is 4.20. The van der Waals surface area contributed by atoms with Gasteiger partial charge in [0.2, 0.25) is 5.95 Å². The van der Waals surface area contributed by atoms with Crippen LogP contribution < -0.4 is 5.32 Å². The Hall–Kier alpha value is -1.95. The molecule has 0 spiro atoms. The van der Waals surface area contributed by atoms with Crippen molar-refractivity contribution in [3.05, 3.63) is 30.3 Å². The number of anilines is 1. The number of piperidine rings is 1. The molecule has 0 bridgehead atoms. The summed E-state index contributed by atoms with van der Waals surface area (Å²) in [5.41, 5.74) is 0.991. The van der Waals surface area contributed by atoms with Crippen molar-refractivity contribution >= 4 is 5.95 Å². The molecule has 24 heavy (non-hydrogen) atoms. The Balaban J connectivity index is 1.43. The largest absolute Gasteiger partial charge is 0.349 e. The maximum absolute atomic E-state index is 4.20. The topological polar surface area (TPSA) is 58.9 Å². The number of hydrogen-bond acceptors (Lipinski definition) is 5. The lowest BCUT2D eigenvalue weighted by atomic mass is 9.92. The number of rotatable bonds is 4.